The second-order valence-corrected chi connectivity index (χ2v) is 9.52. The van der Waals surface area contributed by atoms with Crippen LogP contribution in [0.3, 0.4) is 0 Å². The van der Waals surface area contributed by atoms with Crippen molar-refractivity contribution in [3.63, 3.8) is 0 Å². The summed E-state index contributed by atoms with van der Waals surface area (Å²) in [6.07, 6.45) is 4.17. The molecule has 0 saturated carbocycles. The lowest BCUT2D eigenvalue weighted by molar-refractivity contribution is -0.121. The average molecular weight is 458 g/mol. The molecule has 3 aromatic rings. The summed E-state index contributed by atoms with van der Waals surface area (Å²) in [6.45, 7) is 9.11. The molecular weight excluding hydrogens is 426 g/mol. The monoisotopic (exact) mass is 457 g/mol. The molecule has 3 rings (SSSR count). The molecule has 8 nitrogen and oxygen atoms in total. The molecule has 1 aromatic carbocycles. The zero-order valence-electron chi connectivity index (χ0n) is 19.1. The van der Waals surface area contributed by atoms with Crippen LogP contribution in [0, 0.1) is 0 Å². The zero-order chi connectivity index (χ0) is 23.3. The van der Waals surface area contributed by atoms with E-state index in [1.165, 1.54) is 4.31 Å². The molecular formula is C23H31N5O3S. The van der Waals surface area contributed by atoms with Gasteiger partial charge in [-0.05, 0) is 49.7 Å². The maximum atomic E-state index is 12.9. The van der Waals surface area contributed by atoms with Crippen molar-refractivity contribution in [2.24, 2.45) is 0 Å². The van der Waals surface area contributed by atoms with Crippen LogP contribution in [0.1, 0.15) is 51.5 Å². The molecule has 0 aliphatic heterocycles. The number of pyridine rings is 1. The van der Waals surface area contributed by atoms with Crippen LogP contribution in [0.4, 0.5) is 0 Å². The minimum absolute atomic E-state index is 0.0613. The molecule has 2 heterocycles. The number of imidazole rings is 1. The number of hydrogen-bond acceptors (Lipinski definition) is 5. The van der Waals surface area contributed by atoms with Crippen molar-refractivity contribution >= 4 is 27.0 Å². The van der Waals surface area contributed by atoms with Gasteiger partial charge in [0.25, 0.3) is 0 Å². The van der Waals surface area contributed by atoms with E-state index in [4.69, 9.17) is 0 Å². The summed E-state index contributed by atoms with van der Waals surface area (Å²) >= 11 is 0. The van der Waals surface area contributed by atoms with E-state index in [0.717, 1.165) is 16.9 Å². The van der Waals surface area contributed by atoms with Crippen molar-refractivity contribution in [1.82, 2.24) is 24.2 Å². The number of nitrogens with zero attached hydrogens (tertiary/aromatic N) is 4. The van der Waals surface area contributed by atoms with Gasteiger partial charge in [0.2, 0.25) is 15.9 Å². The molecule has 2 aromatic heterocycles. The third-order valence-electron chi connectivity index (χ3n) is 5.62. The smallest absolute Gasteiger partial charge is 0.243 e. The highest BCUT2D eigenvalue weighted by atomic mass is 32.2. The van der Waals surface area contributed by atoms with Gasteiger partial charge in [0, 0.05) is 44.9 Å². The van der Waals surface area contributed by atoms with Crippen LogP contribution in [-0.4, -0.2) is 46.3 Å². The first-order valence-corrected chi connectivity index (χ1v) is 12.4. The lowest BCUT2D eigenvalue weighted by atomic mass is 10.1. The number of sulfonamides is 1. The van der Waals surface area contributed by atoms with Crippen molar-refractivity contribution in [2.45, 2.75) is 58.0 Å². The molecule has 0 aliphatic rings. The van der Waals surface area contributed by atoms with Gasteiger partial charge in [0.1, 0.15) is 5.82 Å². The minimum Gasteiger partial charge on any atom is -0.350 e. The van der Waals surface area contributed by atoms with E-state index >= 15 is 0 Å². The Morgan fingerprint density at radius 3 is 2.44 bits per heavy atom. The van der Waals surface area contributed by atoms with Gasteiger partial charge in [0.15, 0.2) is 0 Å². The molecule has 0 spiro atoms. The van der Waals surface area contributed by atoms with Crippen molar-refractivity contribution in [3.8, 4) is 0 Å². The molecule has 0 bridgehead atoms. The van der Waals surface area contributed by atoms with Crippen molar-refractivity contribution in [1.29, 1.82) is 0 Å². The molecule has 1 atom stereocenters. The summed E-state index contributed by atoms with van der Waals surface area (Å²) in [5.74, 6) is 0.709. The Bertz CT molecular complexity index is 1170. The van der Waals surface area contributed by atoms with Crippen LogP contribution >= 0.6 is 0 Å². The number of aromatic nitrogens is 3. The number of aryl methyl sites for hydroxylation is 2. The van der Waals surface area contributed by atoms with Gasteiger partial charge in [-0.2, -0.15) is 4.31 Å². The van der Waals surface area contributed by atoms with Crippen LogP contribution in [0.5, 0.6) is 0 Å². The number of carbonyl (C=O) groups is 1. The summed E-state index contributed by atoms with van der Waals surface area (Å²) in [7, 11) is -3.55. The number of carbonyl (C=O) groups excluding carboxylic acids is 1. The Labute approximate surface area is 189 Å². The number of benzene rings is 1. The second kappa shape index (κ2) is 10.2. The SMILES string of the molecule is CCN(CC)S(=O)(=O)c1ccc2c(c1)nc(CCC(=O)NC(C)c1ccncc1)n2CC. The first-order valence-electron chi connectivity index (χ1n) is 11.0. The first-order chi connectivity index (χ1) is 15.3. The average Bonchev–Trinajstić information content (AvgIpc) is 3.15. The quantitative estimate of drug-likeness (QED) is 0.504. The highest BCUT2D eigenvalue weighted by molar-refractivity contribution is 7.89. The van der Waals surface area contributed by atoms with Crippen molar-refractivity contribution in [3.05, 3.63) is 54.1 Å². The van der Waals surface area contributed by atoms with Crippen LogP contribution < -0.4 is 5.32 Å². The Balaban J connectivity index is 1.77. The van der Waals surface area contributed by atoms with E-state index in [1.54, 1.807) is 30.6 Å². The van der Waals surface area contributed by atoms with Gasteiger partial charge in [-0.1, -0.05) is 13.8 Å². The lowest BCUT2D eigenvalue weighted by Gasteiger charge is -2.18. The van der Waals surface area contributed by atoms with Crippen LogP contribution in [0.15, 0.2) is 47.6 Å². The second-order valence-electron chi connectivity index (χ2n) is 7.58. The fourth-order valence-electron chi connectivity index (χ4n) is 3.85. The summed E-state index contributed by atoms with van der Waals surface area (Å²) in [5, 5.41) is 3.00. The molecule has 9 heteroatoms. The molecule has 172 valence electrons. The molecule has 1 amide bonds. The third-order valence-corrected chi connectivity index (χ3v) is 7.66. The standard InChI is InChI=1S/C23H31N5O3S/c1-5-27(6-2)32(30,31)19-8-9-21-20(16-19)26-22(28(21)7-3)10-11-23(29)25-17(4)18-12-14-24-15-13-18/h8-9,12-17H,5-7,10-11H2,1-4H3,(H,25,29). The molecule has 32 heavy (non-hydrogen) atoms. The number of hydrogen-bond donors (Lipinski definition) is 1. The molecule has 1 N–H and O–H groups in total. The van der Waals surface area contributed by atoms with Gasteiger partial charge in [-0.3, -0.25) is 9.78 Å². The predicted molar refractivity (Wildman–Crippen MR) is 125 cm³/mol. The Hall–Kier alpha value is -2.78. The van der Waals surface area contributed by atoms with Gasteiger partial charge >= 0.3 is 0 Å². The van der Waals surface area contributed by atoms with Crippen LogP contribution in [0.25, 0.3) is 11.0 Å². The number of amides is 1. The predicted octanol–water partition coefficient (Wildman–Crippen LogP) is 3.29. The van der Waals surface area contributed by atoms with Crippen LogP contribution in [0.2, 0.25) is 0 Å². The van der Waals surface area contributed by atoms with Gasteiger partial charge in [0.05, 0.1) is 22.0 Å². The molecule has 0 radical (unpaired) electrons. The maximum absolute atomic E-state index is 12.9. The fraction of sp³-hybridized carbons (Fsp3) is 0.435. The summed E-state index contributed by atoms with van der Waals surface area (Å²) in [6, 6.07) is 8.72. The highest BCUT2D eigenvalue weighted by Gasteiger charge is 2.23. The van der Waals surface area contributed by atoms with Crippen LogP contribution in [-0.2, 0) is 27.8 Å². The van der Waals surface area contributed by atoms with E-state index in [2.05, 4.69) is 15.3 Å². The molecule has 1 unspecified atom stereocenters. The normalized spacial score (nSPS) is 12.9. The van der Waals surface area contributed by atoms with E-state index in [1.807, 2.05) is 44.4 Å². The van der Waals surface area contributed by atoms with Gasteiger partial charge in [-0.15, -0.1) is 0 Å². The first kappa shape index (κ1) is 23.9. The molecule has 0 saturated heterocycles. The Morgan fingerprint density at radius 1 is 1.12 bits per heavy atom. The van der Waals surface area contributed by atoms with Crippen molar-refractivity contribution < 1.29 is 13.2 Å². The summed E-state index contributed by atoms with van der Waals surface area (Å²) < 4.78 is 29.2. The topological polar surface area (TPSA) is 97.2 Å². The Morgan fingerprint density at radius 2 is 1.81 bits per heavy atom. The summed E-state index contributed by atoms with van der Waals surface area (Å²) in [5.41, 5.74) is 2.49. The summed E-state index contributed by atoms with van der Waals surface area (Å²) in [4.78, 5) is 21.4. The zero-order valence-corrected chi connectivity index (χ0v) is 19.9. The van der Waals surface area contributed by atoms with E-state index in [9.17, 15) is 13.2 Å². The third kappa shape index (κ3) is 4.99. The Kier molecular flexibility index (Phi) is 7.63. The molecule has 0 fully saturated rings. The number of nitrogens with one attached hydrogen (secondary N) is 1. The van der Waals surface area contributed by atoms with E-state index in [-0.39, 0.29) is 16.8 Å². The maximum Gasteiger partial charge on any atom is 0.243 e. The van der Waals surface area contributed by atoms with E-state index < -0.39 is 10.0 Å². The lowest BCUT2D eigenvalue weighted by Crippen LogP contribution is -2.30. The van der Waals surface area contributed by atoms with Gasteiger partial charge < -0.3 is 9.88 Å². The van der Waals surface area contributed by atoms with Gasteiger partial charge in [-0.25, -0.2) is 13.4 Å². The largest absolute Gasteiger partial charge is 0.350 e. The van der Waals surface area contributed by atoms with Crippen molar-refractivity contribution in [2.75, 3.05) is 13.1 Å². The van der Waals surface area contributed by atoms with E-state index in [0.29, 0.717) is 38.0 Å². The fourth-order valence-corrected chi connectivity index (χ4v) is 5.33. The highest BCUT2D eigenvalue weighted by Crippen LogP contribution is 2.23. The number of fused-ring (bicyclic) bond motifs is 1. The molecule has 0 aliphatic carbocycles. The minimum atomic E-state index is -3.55. The number of rotatable bonds is 10.